The molecular formula is C8H12Cl2N2. The Balaban J connectivity index is 0. The van der Waals surface area contributed by atoms with Crippen molar-refractivity contribution in [1.29, 1.82) is 0 Å². The summed E-state index contributed by atoms with van der Waals surface area (Å²) in [5, 5.41) is 0. The zero-order valence-electron chi connectivity index (χ0n) is 6.51. The van der Waals surface area contributed by atoms with Gasteiger partial charge in [0.2, 0.25) is 0 Å². The van der Waals surface area contributed by atoms with E-state index >= 15 is 0 Å². The van der Waals surface area contributed by atoms with Gasteiger partial charge in [0, 0.05) is 18.9 Å². The van der Waals surface area contributed by atoms with Crippen LogP contribution in [0.2, 0.25) is 0 Å². The van der Waals surface area contributed by atoms with Gasteiger partial charge in [0.05, 0.1) is 0 Å². The van der Waals surface area contributed by atoms with Gasteiger partial charge in [0.25, 0.3) is 0 Å². The number of nitrogens with zero attached hydrogens (tertiary/aromatic N) is 1. The summed E-state index contributed by atoms with van der Waals surface area (Å²) < 4.78 is 0. The highest BCUT2D eigenvalue weighted by molar-refractivity contribution is 5.85. The summed E-state index contributed by atoms with van der Waals surface area (Å²) in [4.78, 5) is 3.95. The molecule has 0 saturated heterocycles. The fourth-order valence-electron chi connectivity index (χ4n) is 0.679. The van der Waals surface area contributed by atoms with Crippen molar-refractivity contribution >= 4 is 30.9 Å². The quantitative estimate of drug-likeness (QED) is 0.804. The standard InChI is InChI=1S/C8H10N2.2ClH/c9-5-1-3-8-4-2-6-10-7-8;;/h1-4,6-7H,5,9H2;2*1H. The Morgan fingerprint density at radius 2 is 2.17 bits per heavy atom. The monoisotopic (exact) mass is 206 g/mol. The van der Waals surface area contributed by atoms with Gasteiger partial charge in [0.15, 0.2) is 0 Å². The first-order valence-corrected chi connectivity index (χ1v) is 3.20. The summed E-state index contributed by atoms with van der Waals surface area (Å²) in [6, 6.07) is 3.88. The minimum Gasteiger partial charge on any atom is -0.327 e. The van der Waals surface area contributed by atoms with Crippen molar-refractivity contribution in [1.82, 2.24) is 4.98 Å². The van der Waals surface area contributed by atoms with Crippen LogP contribution in [0.4, 0.5) is 0 Å². The van der Waals surface area contributed by atoms with Crippen LogP contribution >= 0.6 is 24.8 Å². The number of pyridine rings is 1. The van der Waals surface area contributed by atoms with Crippen LogP contribution in [0, 0.1) is 0 Å². The fraction of sp³-hybridized carbons (Fsp3) is 0.125. The molecule has 0 aliphatic rings. The highest BCUT2D eigenvalue weighted by Gasteiger charge is 1.80. The van der Waals surface area contributed by atoms with Gasteiger partial charge < -0.3 is 5.73 Å². The molecule has 1 aromatic heterocycles. The van der Waals surface area contributed by atoms with E-state index in [1.54, 1.807) is 12.4 Å². The summed E-state index contributed by atoms with van der Waals surface area (Å²) in [5.74, 6) is 0. The van der Waals surface area contributed by atoms with Crippen LogP contribution < -0.4 is 5.73 Å². The van der Waals surface area contributed by atoms with Gasteiger partial charge in [-0.3, -0.25) is 4.98 Å². The third-order valence-corrected chi connectivity index (χ3v) is 1.13. The first-order chi connectivity index (χ1) is 4.93. The Kier molecular flexibility index (Phi) is 9.93. The zero-order chi connectivity index (χ0) is 7.23. The van der Waals surface area contributed by atoms with Crippen molar-refractivity contribution in [3.63, 3.8) is 0 Å². The third kappa shape index (κ3) is 5.13. The largest absolute Gasteiger partial charge is 0.327 e. The van der Waals surface area contributed by atoms with Crippen LogP contribution in [0.1, 0.15) is 5.56 Å². The number of rotatable bonds is 2. The molecule has 1 rings (SSSR count). The highest BCUT2D eigenvalue weighted by atomic mass is 35.5. The number of hydrogen-bond donors (Lipinski definition) is 1. The molecule has 1 heterocycles. The second-order valence-electron chi connectivity index (χ2n) is 1.92. The maximum absolute atomic E-state index is 5.27. The second-order valence-corrected chi connectivity index (χ2v) is 1.92. The lowest BCUT2D eigenvalue weighted by molar-refractivity contribution is 1.26. The Labute approximate surface area is 84.7 Å². The molecule has 0 bridgehead atoms. The van der Waals surface area contributed by atoms with Gasteiger partial charge >= 0.3 is 0 Å². The smallest absolute Gasteiger partial charge is 0.0340 e. The molecule has 2 nitrogen and oxygen atoms in total. The molecule has 2 N–H and O–H groups in total. The Morgan fingerprint density at radius 1 is 1.42 bits per heavy atom. The molecule has 0 spiro atoms. The van der Waals surface area contributed by atoms with Crippen molar-refractivity contribution in [3.8, 4) is 0 Å². The van der Waals surface area contributed by atoms with Gasteiger partial charge in [-0.15, -0.1) is 24.8 Å². The highest BCUT2D eigenvalue weighted by Crippen LogP contribution is 1.96. The van der Waals surface area contributed by atoms with Crippen LogP contribution in [0.5, 0.6) is 0 Å². The normalized spacial score (nSPS) is 8.75. The van der Waals surface area contributed by atoms with E-state index in [2.05, 4.69) is 4.98 Å². The predicted octanol–water partition coefficient (Wildman–Crippen LogP) is 1.90. The van der Waals surface area contributed by atoms with Crippen LogP contribution in [0.15, 0.2) is 30.6 Å². The Morgan fingerprint density at radius 3 is 2.67 bits per heavy atom. The number of halogens is 2. The number of nitrogens with two attached hydrogens (primary N) is 1. The van der Waals surface area contributed by atoms with E-state index in [0.717, 1.165) is 5.56 Å². The van der Waals surface area contributed by atoms with E-state index < -0.39 is 0 Å². The van der Waals surface area contributed by atoms with Gasteiger partial charge in [-0.2, -0.15) is 0 Å². The van der Waals surface area contributed by atoms with Crippen LogP contribution in [0.25, 0.3) is 6.08 Å². The van der Waals surface area contributed by atoms with Crippen molar-refractivity contribution in [3.05, 3.63) is 36.2 Å². The second kappa shape index (κ2) is 8.53. The lowest BCUT2D eigenvalue weighted by Crippen LogP contribution is -1.91. The zero-order valence-corrected chi connectivity index (χ0v) is 8.15. The number of hydrogen-bond acceptors (Lipinski definition) is 2. The Bertz CT molecular complexity index is 212. The minimum absolute atomic E-state index is 0. The molecule has 1 aromatic rings. The van der Waals surface area contributed by atoms with E-state index in [0.29, 0.717) is 6.54 Å². The molecule has 0 atom stereocenters. The van der Waals surface area contributed by atoms with Crippen molar-refractivity contribution < 1.29 is 0 Å². The molecule has 0 fully saturated rings. The topological polar surface area (TPSA) is 38.9 Å². The van der Waals surface area contributed by atoms with Crippen molar-refractivity contribution in [2.45, 2.75) is 0 Å². The van der Waals surface area contributed by atoms with E-state index in [1.807, 2.05) is 24.3 Å². The molecular weight excluding hydrogens is 195 g/mol. The van der Waals surface area contributed by atoms with Crippen LogP contribution in [0.3, 0.4) is 0 Å². The molecule has 0 saturated carbocycles. The summed E-state index contributed by atoms with van der Waals surface area (Å²) in [5.41, 5.74) is 6.36. The maximum atomic E-state index is 5.27. The lowest BCUT2D eigenvalue weighted by Gasteiger charge is -1.87. The fourth-order valence-corrected chi connectivity index (χ4v) is 0.679. The van der Waals surface area contributed by atoms with E-state index in [4.69, 9.17) is 5.73 Å². The molecule has 12 heavy (non-hydrogen) atoms. The average Bonchev–Trinajstić information content (AvgIpc) is 2.03. The van der Waals surface area contributed by atoms with E-state index in [-0.39, 0.29) is 24.8 Å². The molecule has 0 unspecified atom stereocenters. The molecule has 0 aliphatic heterocycles. The average molecular weight is 207 g/mol. The van der Waals surface area contributed by atoms with E-state index in [9.17, 15) is 0 Å². The molecule has 0 radical (unpaired) electrons. The van der Waals surface area contributed by atoms with E-state index in [1.165, 1.54) is 0 Å². The summed E-state index contributed by atoms with van der Waals surface area (Å²) in [6.07, 6.45) is 7.40. The van der Waals surface area contributed by atoms with Gasteiger partial charge in [0.1, 0.15) is 0 Å². The molecule has 0 aromatic carbocycles. The molecule has 4 heteroatoms. The first-order valence-electron chi connectivity index (χ1n) is 3.20. The first kappa shape index (κ1) is 14.0. The summed E-state index contributed by atoms with van der Waals surface area (Å²) in [6.45, 7) is 0.578. The lowest BCUT2D eigenvalue weighted by atomic mass is 10.3. The van der Waals surface area contributed by atoms with Crippen LogP contribution in [-0.4, -0.2) is 11.5 Å². The van der Waals surface area contributed by atoms with Crippen molar-refractivity contribution in [2.24, 2.45) is 5.73 Å². The number of aromatic nitrogens is 1. The molecule has 68 valence electrons. The molecule has 0 aliphatic carbocycles. The van der Waals surface area contributed by atoms with Crippen LogP contribution in [-0.2, 0) is 0 Å². The van der Waals surface area contributed by atoms with Gasteiger partial charge in [-0.05, 0) is 11.6 Å². The van der Waals surface area contributed by atoms with Crippen molar-refractivity contribution in [2.75, 3.05) is 6.54 Å². The maximum Gasteiger partial charge on any atom is 0.0340 e. The predicted molar refractivity (Wildman–Crippen MR) is 56.8 cm³/mol. The minimum atomic E-state index is 0. The van der Waals surface area contributed by atoms with Gasteiger partial charge in [-0.25, -0.2) is 0 Å². The van der Waals surface area contributed by atoms with Gasteiger partial charge in [-0.1, -0.05) is 18.2 Å². The summed E-state index contributed by atoms with van der Waals surface area (Å²) >= 11 is 0. The third-order valence-electron chi connectivity index (χ3n) is 1.13. The Hall–Kier alpha value is -0.570. The summed E-state index contributed by atoms with van der Waals surface area (Å²) in [7, 11) is 0. The SMILES string of the molecule is Cl.Cl.NCC=Cc1cccnc1. The molecule has 0 amide bonds.